The number of aromatic carboxylic acids is 1. The number of carboxylic acids is 2. The molecule has 0 unspecified atom stereocenters. The highest BCUT2D eigenvalue weighted by Gasteiger charge is 2.54. The zero-order valence-corrected chi connectivity index (χ0v) is 19.5. The number of carbonyl (C=O) groups is 3. The van der Waals surface area contributed by atoms with Gasteiger partial charge in [-0.25, -0.2) is 9.59 Å². The first kappa shape index (κ1) is 24.0. The molecule has 0 amide bonds. The van der Waals surface area contributed by atoms with E-state index in [1.807, 2.05) is 0 Å². The number of carbonyl (C=O) groups excluding carboxylic acids is 1. The summed E-state index contributed by atoms with van der Waals surface area (Å²) in [6.45, 7) is 0.382. The van der Waals surface area contributed by atoms with Crippen LogP contribution in [0.5, 0.6) is 23.0 Å². The van der Waals surface area contributed by atoms with Crippen molar-refractivity contribution in [2.45, 2.75) is 31.3 Å². The number of esters is 1. The minimum Gasteiger partial charge on any atom is -0.508 e. The van der Waals surface area contributed by atoms with Crippen LogP contribution in [-0.2, 0) is 15.1 Å². The van der Waals surface area contributed by atoms with E-state index in [9.17, 15) is 29.7 Å². The first-order valence-electron chi connectivity index (χ1n) is 11.7. The lowest BCUT2D eigenvalue weighted by molar-refractivity contribution is -0.137. The van der Waals surface area contributed by atoms with E-state index in [4.69, 9.17) is 14.6 Å². The van der Waals surface area contributed by atoms with Crippen LogP contribution in [0.4, 0.5) is 5.69 Å². The van der Waals surface area contributed by atoms with E-state index >= 15 is 0 Å². The fourth-order valence-electron chi connectivity index (χ4n) is 4.88. The molecule has 1 spiro atoms. The van der Waals surface area contributed by atoms with Crippen molar-refractivity contribution >= 4 is 23.6 Å². The Balaban J connectivity index is 1.64. The van der Waals surface area contributed by atoms with Crippen LogP contribution in [0.25, 0.3) is 0 Å². The minimum atomic E-state index is -1.58. The molecule has 0 fully saturated rings. The second-order valence-corrected chi connectivity index (χ2v) is 8.92. The third-order valence-electron chi connectivity index (χ3n) is 6.51. The summed E-state index contributed by atoms with van der Waals surface area (Å²) >= 11 is 0. The Kier molecular flexibility index (Phi) is 5.87. The molecular weight excluding hydrogens is 482 g/mol. The lowest BCUT2D eigenvalue weighted by Gasteiger charge is -2.36. The number of nitrogens with one attached hydrogen (secondary N) is 1. The van der Waals surface area contributed by atoms with Gasteiger partial charge in [-0.2, -0.15) is 0 Å². The molecule has 0 aromatic heterocycles. The van der Waals surface area contributed by atoms with Crippen LogP contribution in [0.3, 0.4) is 0 Å². The zero-order valence-electron chi connectivity index (χ0n) is 19.5. The molecule has 190 valence electrons. The summed E-state index contributed by atoms with van der Waals surface area (Å²) in [6.07, 6.45) is 1.81. The number of aromatic hydroxyl groups is 2. The van der Waals surface area contributed by atoms with Gasteiger partial charge in [0.15, 0.2) is 5.60 Å². The van der Waals surface area contributed by atoms with E-state index in [0.29, 0.717) is 36.9 Å². The van der Waals surface area contributed by atoms with Crippen molar-refractivity contribution in [2.24, 2.45) is 0 Å². The van der Waals surface area contributed by atoms with E-state index < -0.39 is 23.5 Å². The van der Waals surface area contributed by atoms with Crippen LogP contribution in [0.1, 0.15) is 63.1 Å². The smallest absolute Gasteiger partial charge is 0.342 e. The van der Waals surface area contributed by atoms with Crippen LogP contribution >= 0.6 is 0 Å². The van der Waals surface area contributed by atoms with Crippen molar-refractivity contribution in [1.29, 1.82) is 0 Å². The number of fused-ring (bicyclic) bond motifs is 6. The Morgan fingerprint density at radius 3 is 2.08 bits per heavy atom. The molecule has 0 atom stereocenters. The van der Waals surface area contributed by atoms with Crippen molar-refractivity contribution in [3.63, 3.8) is 0 Å². The molecule has 2 aliphatic rings. The predicted molar refractivity (Wildman–Crippen MR) is 130 cm³/mol. The standard InChI is InChI=1S/C27H23NO9/c29-15-5-7-17-21(12-15)36-22-13-16(30)6-8-18(22)27(17)19-10-14(25(33)34)11-20(24(19)26(35)37-27)28-9-3-1-2-4-23(31)32/h5-8,10-13,28-30H,1-4,9H2,(H,31,32)(H,33,34). The molecule has 5 N–H and O–H groups in total. The van der Waals surface area contributed by atoms with Crippen molar-refractivity contribution < 1.29 is 44.3 Å². The minimum absolute atomic E-state index is 0.0603. The summed E-state index contributed by atoms with van der Waals surface area (Å²) in [5.41, 5.74) is -0.154. The summed E-state index contributed by atoms with van der Waals surface area (Å²) in [7, 11) is 0. The molecular formula is C27H23NO9. The molecule has 0 aliphatic carbocycles. The van der Waals surface area contributed by atoms with E-state index in [1.54, 1.807) is 12.1 Å². The molecule has 0 saturated carbocycles. The average molecular weight is 505 g/mol. The molecule has 0 saturated heterocycles. The van der Waals surface area contributed by atoms with Crippen molar-refractivity contribution in [1.82, 2.24) is 0 Å². The van der Waals surface area contributed by atoms with E-state index in [0.717, 1.165) is 0 Å². The molecule has 2 aliphatic heterocycles. The van der Waals surface area contributed by atoms with Gasteiger partial charge < -0.3 is 35.2 Å². The fourth-order valence-corrected chi connectivity index (χ4v) is 4.88. The number of phenolic OH excluding ortho intramolecular Hbond substituents is 2. The zero-order chi connectivity index (χ0) is 26.3. The molecule has 10 heteroatoms. The van der Waals surface area contributed by atoms with Gasteiger partial charge in [0.2, 0.25) is 0 Å². The first-order chi connectivity index (χ1) is 17.7. The first-order valence-corrected chi connectivity index (χ1v) is 11.7. The quantitative estimate of drug-likeness (QED) is 0.219. The Bertz CT molecular complexity index is 1390. The van der Waals surface area contributed by atoms with Gasteiger partial charge in [-0.15, -0.1) is 0 Å². The lowest BCUT2D eigenvalue weighted by atomic mass is 9.77. The van der Waals surface area contributed by atoms with Crippen molar-refractivity contribution in [3.05, 3.63) is 76.3 Å². The summed E-state index contributed by atoms with van der Waals surface area (Å²) in [6, 6.07) is 11.4. The number of benzene rings is 3. The molecule has 0 radical (unpaired) electrons. The predicted octanol–water partition coefficient (Wildman–Crippen LogP) is 4.42. The van der Waals surface area contributed by atoms with Crippen LogP contribution < -0.4 is 10.1 Å². The maximum atomic E-state index is 13.4. The van der Waals surface area contributed by atoms with Crippen molar-refractivity contribution in [2.75, 3.05) is 11.9 Å². The highest BCUT2D eigenvalue weighted by molar-refractivity contribution is 6.04. The van der Waals surface area contributed by atoms with Gasteiger partial charge >= 0.3 is 17.9 Å². The number of ether oxygens (including phenoxy) is 2. The fraction of sp³-hybridized carbons (Fsp3) is 0.222. The normalized spacial score (nSPS) is 14.2. The maximum absolute atomic E-state index is 13.4. The Labute approximate surface area is 210 Å². The Hall–Kier alpha value is -4.73. The highest BCUT2D eigenvalue weighted by atomic mass is 16.6. The molecule has 3 aromatic rings. The summed E-state index contributed by atoms with van der Waals surface area (Å²) in [4.78, 5) is 36.2. The Morgan fingerprint density at radius 1 is 0.838 bits per heavy atom. The monoisotopic (exact) mass is 505 g/mol. The third kappa shape index (κ3) is 4.06. The van der Waals surface area contributed by atoms with Gasteiger partial charge in [0.25, 0.3) is 0 Å². The molecule has 3 aromatic carbocycles. The van der Waals surface area contributed by atoms with Crippen LogP contribution in [0, 0.1) is 0 Å². The van der Waals surface area contributed by atoms with E-state index in [2.05, 4.69) is 5.32 Å². The van der Waals surface area contributed by atoms with Gasteiger partial charge in [0.1, 0.15) is 23.0 Å². The highest BCUT2D eigenvalue weighted by Crippen LogP contribution is 2.58. The van der Waals surface area contributed by atoms with Crippen molar-refractivity contribution in [3.8, 4) is 23.0 Å². The number of anilines is 1. The second kappa shape index (κ2) is 9.05. The summed E-state index contributed by atoms with van der Waals surface area (Å²) in [5, 5.41) is 41.9. The molecule has 5 rings (SSSR count). The molecule has 2 heterocycles. The lowest BCUT2D eigenvalue weighted by Crippen LogP contribution is -2.33. The average Bonchev–Trinajstić information content (AvgIpc) is 3.13. The number of phenols is 2. The number of unbranched alkanes of at least 4 members (excludes halogenated alkanes) is 2. The largest absolute Gasteiger partial charge is 0.508 e. The van der Waals surface area contributed by atoms with Crippen LogP contribution in [0.2, 0.25) is 0 Å². The number of hydrogen-bond donors (Lipinski definition) is 5. The maximum Gasteiger partial charge on any atom is 0.342 e. The van der Waals surface area contributed by atoms with Gasteiger partial charge in [-0.1, -0.05) is 6.42 Å². The molecule has 37 heavy (non-hydrogen) atoms. The van der Waals surface area contributed by atoms with Gasteiger partial charge in [0.05, 0.1) is 16.8 Å². The molecule has 10 nitrogen and oxygen atoms in total. The van der Waals surface area contributed by atoms with Gasteiger partial charge in [-0.3, -0.25) is 4.79 Å². The molecule has 0 bridgehead atoms. The third-order valence-corrected chi connectivity index (χ3v) is 6.51. The summed E-state index contributed by atoms with van der Waals surface area (Å²) < 4.78 is 12.0. The van der Waals surface area contributed by atoms with Crippen LogP contribution in [0.15, 0.2) is 48.5 Å². The number of hydrogen-bond acceptors (Lipinski definition) is 8. The van der Waals surface area contributed by atoms with E-state index in [1.165, 1.54) is 36.4 Å². The SMILES string of the molecule is O=C(O)CCCCCNc1cc(C(=O)O)cc2c1C(=O)OC21c2ccc(O)cc2Oc2cc(O)ccc21. The Morgan fingerprint density at radius 2 is 1.49 bits per heavy atom. The van der Waals surface area contributed by atoms with Crippen LogP contribution in [-0.4, -0.2) is 44.9 Å². The number of aliphatic carboxylic acids is 1. The van der Waals surface area contributed by atoms with E-state index in [-0.39, 0.29) is 51.8 Å². The number of carboxylic acid groups (broad SMARTS) is 2. The second-order valence-electron chi connectivity index (χ2n) is 8.92. The summed E-state index contributed by atoms with van der Waals surface area (Å²) in [5.74, 6) is -2.56. The number of rotatable bonds is 8. The van der Waals surface area contributed by atoms with Gasteiger partial charge in [-0.05, 0) is 49.2 Å². The van der Waals surface area contributed by atoms with Gasteiger partial charge in [0, 0.05) is 41.8 Å². The topological polar surface area (TPSA) is 163 Å².